The molecule has 18 nitrogen and oxygen atoms in total. The van der Waals surface area contributed by atoms with Gasteiger partial charge < -0.3 is 83.9 Å². The molecule has 4 saturated carbocycles. The van der Waals surface area contributed by atoms with Crippen LogP contribution in [0.1, 0.15) is 78.6 Å². The molecule has 7 fully saturated rings. The summed E-state index contributed by atoms with van der Waals surface area (Å²) in [5.74, 6) is 0.561. The van der Waals surface area contributed by atoms with Crippen molar-refractivity contribution in [3.8, 4) is 0 Å². The SMILES string of the molecule is COC1C(O)C(C)OC(OCC2OC(OCC3OC(OC4CCC5(C)C(CCC6C5CCC5(C)C(C7=CC(=O)OC7)CCC65O)C4)C(O)C(O)C3O)C(O)C(O)C2O)C1O. The van der Waals surface area contributed by atoms with Crippen molar-refractivity contribution >= 4 is 5.97 Å². The summed E-state index contributed by atoms with van der Waals surface area (Å²) in [6, 6.07) is 0. The van der Waals surface area contributed by atoms with Crippen LogP contribution in [0.2, 0.25) is 0 Å². The van der Waals surface area contributed by atoms with Crippen molar-refractivity contribution in [3.05, 3.63) is 11.6 Å². The Balaban J connectivity index is 0.864. The minimum absolute atomic E-state index is 0.0415. The van der Waals surface area contributed by atoms with E-state index in [0.717, 1.165) is 44.1 Å². The Hall–Kier alpha value is -1.43. The molecule has 4 aliphatic heterocycles. The number of fused-ring (bicyclic) bond motifs is 5. The highest BCUT2D eigenvalue weighted by Gasteiger charge is 2.68. The normalized spacial score (nSPS) is 54.4. The van der Waals surface area contributed by atoms with E-state index in [9.17, 15) is 50.8 Å². The van der Waals surface area contributed by atoms with Gasteiger partial charge in [-0.3, -0.25) is 0 Å². The molecule has 0 amide bonds. The van der Waals surface area contributed by atoms with E-state index in [0.29, 0.717) is 31.8 Å². The second-order valence-electron chi connectivity index (χ2n) is 19.4. The van der Waals surface area contributed by atoms with Crippen LogP contribution in [0.3, 0.4) is 0 Å². The van der Waals surface area contributed by atoms with Crippen LogP contribution >= 0.6 is 0 Å². The summed E-state index contributed by atoms with van der Waals surface area (Å²) in [6.45, 7) is 5.52. The lowest BCUT2D eigenvalue weighted by atomic mass is 9.43. The number of hydrogen-bond donors (Lipinski definition) is 9. The predicted molar refractivity (Wildman–Crippen MR) is 203 cm³/mol. The van der Waals surface area contributed by atoms with Crippen molar-refractivity contribution in [2.24, 2.45) is 34.5 Å². The van der Waals surface area contributed by atoms with Crippen molar-refractivity contribution in [3.63, 3.8) is 0 Å². The average Bonchev–Trinajstić information content (AvgIpc) is 3.77. The first-order chi connectivity index (χ1) is 28.4. The molecular formula is C42H66O18. The van der Waals surface area contributed by atoms with Gasteiger partial charge in [0.15, 0.2) is 18.9 Å². The van der Waals surface area contributed by atoms with Crippen molar-refractivity contribution in [1.82, 2.24) is 0 Å². The number of cyclic esters (lactones) is 1. The number of carbonyl (C=O) groups is 1. The van der Waals surface area contributed by atoms with E-state index in [-0.39, 0.29) is 40.7 Å². The monoisotopic (exact) mass is 858 g/mol. The third-order valence-electron chi connectivity index (χ3n) is 16.5. The first-order valence-electron chi connectivity index (χ1n) is 21.8. The Morgan fingerprint density at radius 2 is 1.33 bits per heavy atom. The maximum atomic E-state index is 12.6. The Morgan fingerprint density at radius 3 is 1.97 bits per heavy atom. The summed E-state index contributed by atoms with van der Waals surface area (Å²) < 4.78 is 45.6. The lowest BCUT2D eigenvalue weighted by molar-refractivity contribution is -0.345. The molecule has 23 unspecified atom stereocenters. The molecule has 3 saturated heterocycles. The Bertz CT molecular complexity index is 1570. The fourth-order valence-electron chi connectivity index (χ4n) is 12.8. The van der Waals surface area contributed by atoms with Gasteiger partial charge in [0.1, 0.15) is 73.8 Å². The molecule has 0 aromatic heterocycles. The third-order valence-corrected chi connectivity index (χ3v) is 16.5. The molecule has 0 bridgehead atoms. The van der Waals surface area contributed by atoms with E-state index >= 15 is 0 Å². The Kier molecular flexibility index (Phi) is 12.9. The summed E-state index contributed by atoms with van der Waals surface area (Å²) in [5.41, 5.74) is -0.197. The standard InChI is InChI=1S/C42H66O18/c1-18-28(44)36(53-4)35(51)38(57-18)56-16-25-29(45)31(47)33(49)37(59-25)55-17-26-30(46)32(48)34(50)39(60-26)58-21-7-10-40(2)20(14-21)5-6-24-23(40)8-11-41(3)22(9-12-42(24,41)52)19-13-27(43)54-15-19/h13,18,20-26,28-39,44-52H,5-12,14-17H2,1-4H3. The van der Waals surface area contributed by atoms with Crippen LogP contribution in [-0.4, -0.2) is 183 Å². The van der Waals surface area contributed by atoms with Crippen molar-refractivity contribution in [1.29, 1.82) is 0 Å². The molecule has 4 aliphatic carbocycles. The molecule has 0 aromatic carbocycles. The van der Waals surface area contributed by atoms with Gasteiger partial charge in [0.25, 0.3) is 0 Å². The van der Waals surface area contributed by atoms with Crippen LogP contribution in [0.25, 0.3) is 0 Å². The van der Waals surface area contributed by atoms with Crippen LogP contribution in [0.15, 0.2) is 11.6 Å². The van der Waals surface area contributed by atoms with E-state index in [2.05, 4.69) is 13.8 Å². The average molecular weight is 859 g/mol. The van der Waals surface area contributed by atoms with Crippen LogP contribution in [0.4, 0.5) is 0 Å². The van der Waals surface area contributed by atoms with Crippen LogP contribution < -0.4 is 0 Å². The first kappa shape index (κ1) is 45.1. The molecular weight excluding hydrogens is 792 g/mol. The molecule has 60 heavy (non-hydrogen) atoms. The molecule has 9 N–H and O–H groups in total. The number of aliphatic hydroxyl groups is 9. The highest BCUT2D eigenvalue weighted by molar-refractivity contribution is 5.85. The second kappa shape index (κ2) is 17.2. The van der Waals surface area contributed by atoms with Crippen LogP contribution in [0.5, 0.6) is 0 Å². The molecule has 0 spiro atoms. The van der Waals surface area contributed by atoms with Gasteiger partial charge in [-0.15, -0.1) is 0 Å². The maximum Gasteiger partial charge on any atom is 0.331 e. The molecule has 342 valence electrons. The van der Waals surface area contributed by atoms with Gasteiger partial charge in [0.05, 0.1) is 31.0 Å². The minimum Gasteiger partial charge on any atom is -0.458 e. The number of esters is 1. The van der Waals surface area contributed by atoms with Crippen LogP contribution in [-0.2, 0) is 42.7 Å². The lowest BCUT2D eigenvalue weighted by Crippen LogP contribution is -2.63. The Morgan fingerprint density at radius 1 is 0.700 bits per heavy atom. The molecule has 23 atom stereocenters. The fraction of sp³-hybridized carbons (Fsp3) is 0.929. The van der Waals surface area contributed by atoms with Gasteiger partial charge >= 0.3 is 5.97 Å². The number of hydrogen-bond acceptors (Lipinski definition) is 18. The summed E-state index contributed by atoms with van der Waals surface area (Å²) in [7, 11) is 1.32. The molecule has 8 rings (SSSR count). The van der Waals surface area contributed by atoms with Crippen molar-refractivity contribution in [2.45, 2.75) is 182 Å². The van der Waals surface area contributed by atoms with Gasteiger partial charge in [0, 0.05) is 18.6 Å². The molecule has 18 heteroatoms. The van der Waals surface area contributed by atoms with Gasteiger partial charge in [-0.2, -0.15) is 0 Å². The number of methoxy groups -OCH3 is 1. The second-order valence-corrected chi connectivity index (χ2v) is 19.4. The van der Waals surface area contributed by atoms with E-state index in [1.807, 2.05) is 0 Å². The highest BCUT2D eigenvalue weighted by atomic mass is 16.7. The summed E-state index contributed by atoms with van der Waals surface area (Å²) in [6.07, 6.45) is -12.3. The third kappa shape index (κ3) is 7.60. The molecule has 4 heterocycles. The topological polar surface area (TPSA) is 273 Å². The largest absolute Gasteiger partial charge is 0.458 e. The van der Waals surface area contributed by atoms with Gasteiger partial charge in [-0.1, -0.05) is 13.8 Å². The molecule has 0 radical (unpaired) electrons. The van der Waals surface area contributed by atoms with E-state index in [1.165, 1.54) is 7.11 Å². The number of rotatable bonds is 10. The number of carbonyl (C=O) groups excluding carboxylic acids is 1. The quantitative estimate of drug-likeness (QED) is 0.0918. The highest BCUT2D eigenvalue weighted by Crippen LogP contribution is 2.70. The fourth-order valence-corrected chi connectivity index (χ4v) is 12.8. The predicted octanol–water partition coefficient (Wildman–Crippen LogP) is -1.24. The summed E-state index contributed by atoms with van der Waals surface area (Å²) in [5, 5.41) is 98.3. The maximum absolute atomic E-state index is 12.6. The summed E-state index contributed by atoms with van der Waals surface area (Å²) >= 11 is 0. The van der Waals surface area contributed by atoms with Gasteiger partial charge in [0.2, 0.25) is 0 Å². The zero-order chi connectivity index (χ0) is 43.1. The number of aliphatic hydroxyl groups excluding tert-OH is 8. The van der Waals surface area contributed by atoms with E-state index in [4.69, 9.17) is 37.9 Å². The zero-order valence-electron chi connectivity index (χ0n) is 34.8. The zero-order valence-corrected chi connectivity index (χ0v) is 34.8. The van der Waals surface area contributed by atoms with Gasteiger partial charge in [-0.25, -0.2) is 4.79 Å². The van der Waals surface area contributed by atoms with Crippen molar-refractivity contribution < 1.29 is 88.6 Å². The van der Waals surface area contributed by atoms with E-state index < -0.39 is 111 Å². The van der Waals surface area contributed by atoms with Crippen LogP contribution in [0, 0.1) is 34.5 Å². The smallest absolute Gasteiger partial charge is 0.331 e. The van der Waals surface area contributed by atoms with E-state index in [1.54, 1.807) is 13.0 Å². The van der Waals surface area contributed by atoms with Gasteiger partial charge in [-0.05, 0) is 99.4 Å². The minimum atomic E-state index is -1.75. The Labute approximate surface area is 349 Å². The van der Waals surface area contributed by atoms with Crippen molar-refractivity contribution in [2.75, 3.05) is 26.9 Å². The summed E-state index contributed by atoms with van der Waals surface area (Å²) in [4.78, 5) is 11.9. The molecule has 8 aliphatic rings. The number of ether oxygens (including phenoxy) is 8. The molecule has 0 aromatic rings. The lowest BCUT2D eigenvalue weighted by Gasteiger charge is -2.64. The first-order valence-corrected chi connectivity index (χ1v) is 21.8.